The Hall–Kier alpha value is -4.42. The fourth-order valence-electron chi connectivity index (χ4n) is 4.67. The van der Waals surface area contributed by atoms with Gasteiger partial charge in [-0.2, -0.15) is 9.94 Å². The number of carbonyl (C=O) groups excluding carboxylic acids is 1. The number of piperazine rings is 1. The minimum atomic E-state index is -0.244. The smallest absolute Gasteiger partial charge is 0.346 e. The fraction of sp³-hybridized carbons (Fsp3) is 0.259. The number of nitrogens with zero attached hydrogens (tertiary/aromatic N) is 6. The van der Waals surface area contributed by atoms with Gasteiger partial charge in [0.1, 0.15) is 22.5 Å². The van der Waals surface area contributed by atoms with Gasteiger partial charge >= 0.3 is 6.03 Å². The van der Waals surface area contributed by atoms with Crippen LogP contribution in [0.2, 0.25) is 0 Å². The minimum absolute atomic E-state index is 0.0298. The molecule has 5 rings (SSSR count). The van der Waals surface area contributed by atoms with Crippen LogP contribution < -0.4 is 9.47 Å². The molecule has 182 valence electrons. The molecule has 0 radical (unpaired) electrons. The Morgan fingerprint density at radius 3 is 2.14 bits per heavy atom. The van der Waals surface area contributed by atoms with Gasteiger partial charge in [0, 0.05) is 26.2 Å². The van der Waals surface area contributed by atoms with Crippen molar-refractivity contribution < 1.29 is 14.3 Å². The summed E-state index contributed by atoms with van der Waals surface area (Å²) in [7, 11) is 3.33. The molecule has 1 aliphatic heterocycles. The lowest BCUT2D eigenvalue weighted by molar-refractivity contribution is 0.120. The number of rotatable bonds is 5. The van der Waals surface area contributed by atoms with E-state index in [4.69, 9.17) is 9.47 Å². The zero-order valence-corrected chi connectivity index (χ0v) is 20.2. The molecule has 2 heterocycles. The molecule has 36 heavy (non-hydrogen) atoms. The van der Waals surface area contributed by atoms with E-state index >= 15 is 0 Å². The van der Waals surface area contributed by atoms with E-state index in [9.17, 15) is 10.1 Å². The van der Waals surface area contributed by atoms with Crippen LogP contribution in [0.15, 0.2) is 66.7 Å². The van der Waals surface area contributed by atoms with E-state index < -0.39 is 0 Å². The summed E-state index contributed by atoms with van der Waals surface area (Å²) in [6, 6.07) is 23.0. The van der Waals surface area contributed by atoms with Gasteiger partial charge in [0.25, 0.3) is 0 Å². The number of amides is 1. The number of hydrogen-bond acceptors (Lipinski definition) is 7. The standard InChI is InChI=1S/C27H26N6O3/c1-35-22-7-3-5-20(16-22)26(21-6-4-8-23(17-21)36-2)31-11-13-32(14-12-31)27(34)33-25-15-19(18-28)9-10-24(25)29-30-33/h3-10,15-17,26H,11-14H2,1-2H3. The van der Waals surface area contributed by atoms with Gasteiger partial charge < -0.3 is 14.4 Å². The summed E-state index contributed by atoms with van der Waals surface area (Å²) in [5, 5.41) is 17.4. The highest BCUT2D eigenvalue weighted by Crippen LogP contribution is 2.33. The predicted octanol–water partition coefficient (Wildman–Crippen LogP) is 3.70. The Balaban J connectivity index is 1.40. The summed E-state index contributed by atoms with van der Waals surface area (Å²) < 4.78 is 12.3. The molecule has 0 N–H and O–H groups in total. The Morgan fingerprint density at radius 2 is 1.56 bits per heavy atom. The number of fused-ring (bicyclic) bond motifs is 1. The van der Waals surface area contributed by atoms with Crippen LogP contribution in [0.5, 0.6) is 11.5 Å². The molecule has 1 saturated heterocycles. The van der Waals surface area contributed by atoms with Gasteiger partial charge in [-0.1, -0.05) is 29.5 Å². The Kier molecular flexibility index (Phi) is 6.52. The number of aromatic nitrogens is 3. The average Bonchev–Trinajstić information content (AvgIpc) is 3.36. The number of ether oxygens (including phenoxy) is 2. The summed E-state index contributed by atoms with van der Waals surface area (Å²) in [6.45, 7) is 2.40. The van der Waals surface area contributed by atoms with Crippen molar-refractivity contribution in [2.75, 3.05) is 40.4 Å². The largest absolute Gasteiger partial charge is 0.497 e. The lowest BCUT2D eigenvalue weighted by Gasteiger charge is -2.39. The van der Waals surface area contributed by atoms with Crippen molar-refractivity contribution in [3.63, 3.8) is 0 Å². The SMILES string of the molecule is COc1cccc(C(c2cccc(OC)c2)N2CCN(C(=O)n3nnc4ccc(C#N)cc43)CC2)c1. The number of hydrogen-bond donors (Lipinski definition) is 0. The molecule has 4 aromatic rings. The number of methoxy groups -OCH3 is 2. The van der Waals surface area contributed by atoms with E-state index in [-0.39, 0.29) is 12.1 Å². The number of nitriles is 1. The maximum Gasteiger partial charge on any atom is 0.346 e. The van der Waals surface area contributed by atoms with Crippen LogP contribution in [0, 0.1) is 11.3 Å². The molecule has 9 nitrogen and oxygen atoms in total. The fourth-order valence-corrected chi connectivity index (χ4v) is 4.67. The van der Waals surface area contributed by atoms with Crippen LogP contribution in [0.4, 0.5) is 4.79 Å². The molecule has 0 spiro atoms. The Bertz CT molecular complexity index is 1390. The number of carbonyl (C=O) groups is 1. The zero-order chi connectivity index (χ0) is 25.1. The van der Waals surface area contributed by atoms with E-state index in [1.807, 2.05) is 24.3 Å². The van der Waals surface area contributed by atoms with Crippen molar-refractivity contribution in [1.82, 2.24) is 24.8 Å². The Morgan fingerprint density at radius 1 is 0.917 bits per heavy atom. The van der Waals surface area contributed by atoms with Gasteiger partial charge in [-0.3, -0.25) is 4.90 Å². The number of benzene rings is 3. The second-order valence-corrected chi connectivity index (χ2v) is 8.58. The third kappa shape index (κ3) is 4.46. The van der Waals surface area contributed by atoms with E-state index in [1.165, 1.54) is 4.68 Å². The molecule has 0 aliphatic carbocycles. The quantitative estimate of drug-likeness (QED) is 0.428. The van der Waals surface area contributed by atoms with E-state index in [0.29, 0.717) is 42.8 Å². The van der Waals surface area contributed by atoms with Gasteiger partial charge in [0.2, 0.25) is 0 Å². The molecule has 1 aromatic heterocycles. The topological polar surface area (TPSA) is 96.5 Å². The van der Waals surface area contributed by atoms with Crippen LogP contribution in [0.1, 0.15) is 22.7 Å². The molecule has 1 aliphatic rings. The van der Waals surface area contributed by atoms with Gasteiger partial charge in [-0.05, 0) is 53.6 Å². The monoisotopic (exact) mass is 482 g/mol. The molecule has 1 amide bonds. The van der Waals surface area contributed by atoms with Gasteiger partial charge in [-0.15, -0.1) is 5.10 Å². The first kappa shape index (κ1) is 23.3. The zero-order valence-electron chi connectivity index (χ0n) is 20.2. The lowest BCUT2D eigenvalue weighted by Crippen LogP contribution is -2.51. The van der Waals surface area contributed by atoms with E-state index in [1.54, 1.807) is 37.3 Å². The molecule has 3 aromatic carbocycles. The maximum atomic E-state index is 13.3. The highest BCUT2D eigenvalue weighted by molar-refractivity contribution is 5.88. The first-order valence-electron chi connectivity index (χ1n) is 11.7. The molecular weight excluding hydrogens is 456 g/mol. The second kappa shape index (κ2) is 10.1. The van der Waals surface area contributed by atoms with Crippen LogP contribution >= 0.6 is 0 Å². The summed E-state index contributed by atoms with van der Waals surface area (Å²) in [4.78, 5) is 17.4. The van der Waals surface area contributed by atoms with Crippen molar-refractivity contribution in [3.05, 3.63) is 83.4 Å². The van der Waals surface area contributed by atoms with Crippen molar-refractivity contribution in [3.8, 4) is 17.6 Å². The molecule has 0 atom stereocenters. The normalized spacial score (nSPS) is 14.1. The predicted molar refractivity (Wildman–Crippen MR) is 134 cm³/mol. The van der Waals surface area contributed by atoms with Gasteiger partial charge in [0.05, 0.1) is 31.9 Å². The Labute approximate surface area is 209 Å². The molecule has 0 unspecified atom stereocenters. The van der Waals surface area contributed by atoms with Gasteiger partial charge in [-0.25, -0.2) is 4.79 Å². The van der Waals surface area contributed by atoms with Crippen molar-refractivity contribution in [2.24, 2.45) is 0 Å². The summed E-state index contributed by atoms with van der Waals surface area (Å²) in [5.41, 5.74) is 3.79. The molecule has 0 bridgehead atoms. The molecular formula is C27H26N6O3. The third-order valence-electron chi connectivity index (χ3n) is 6.52. The first-order valence-corrected chi connectivity index (χ1v) is 11.7. The van der Waals surface area contributed by atoms with Crippen LogP contribution in [0.25, 0.3) is 11.0 Å². The van der Waals surface area contributed by atoms with Crippen LogP contribution in [-0.4, -0.2) is 71.2 Å². The van der Waals surface area contributed by atoms with Crippen molar-refractivity contribution in [1.29, 1.82) is 5.26 Å². The lowest BCUT2D eigenvalue weighted by atomic mass is 9.96. The second-order valence-electron chi connectivity index (χ2n) is 8.58. The van der Waals surface area contributed by atoms with E-state index in [0.717, 1.165) is 22.6 Å². The molecule has 1 fully saturated rings. The summed E-state index contributed by atoms with van der Waals surface area (Å²) in [6.07, 6.45) is 0. The highest BCUT2D eigenvalue weighted by Gasteiger charge is 2.30. The summed E-state index contributed by atoms with van der Waals surface area (Å²) >= 11 is 0. The highest BCUT2D eigenvalue weighted by atomic mass is 16.5. The third-order valence-corrected chi connectivity index (χ3v) is 6.52. The van der Waals surface area contributed by atoms with E-state index in [2.05, 4.69) is 45.5 Å². The summed E-state index contributed by atoms with van der Waals surface area (Å²) in [5.74, 6) is 1.59. The molecule has 0 saturated carbocycles. The molecule has 9 heteroatoms. The minimum Gasteiger partial charge on any atom is -0.497 e. The van der Waals surface area contributed by atoms with Crippen LogP contribution in [0.3, 0.4) is 0 Å². The van der Waals surface area contributed by atoms with Crippen LogP contribution in [-0.2, 0) is 0 Å². The van der Waals surface area contributed by atoms with Crippen molar-refractivity contribution >= 4 is 17.1 Å². The average molecular weight is 483 g/mol. The first-order chi connectivity index (χ1) is 17.6. The van der Waals surface area contributed by atoms with Crippen molar-refractivity contribution in [2.45, 2.75) is 6.04 Å². The maximum absolute atomic E-state index is 13.3. The van der Waals surface area contributed by atoms with Gasteiger partial charge in [0.15, 0.2) is 0 Å².